The van der Waals surface area contributed by atoms with E-state index in [2.05, 4.69) is 4.98 Å². The molecule has 2 bridgehead atoms. The number of methoxy groups -OCH3 is 1. The van der Waals surface area contributed by atoms with E-state index in [0.717, 1.165) is 5.56 Å². The van der Waals surface area contributed by atoms with Crippen molar-refractivity contribution in [2.45, 2.75) is 25.1 Å². The monoisotopic (exact) mass is 429 g/mol. The third kappa shape index (κ3) is 3.56. The fraction of sp³-hybridized carbons (Fsp3) is 0.240. The topological polar surface area (TPSA) is 72.0 Å². The van der Waals surface area contributed by atoms with Crippen LogP contribution in [0.5, 0.6) is 11.5 Å². The summed E-state index contributed by atoms with van der Waals surface area (Å²) in [7, 11) is 1.53. The molecule has 0 saturated carbocycles. The lowest BCUT2D eigenvalue weighted by molar-refractivity contribution is -0.122. The molecule has 2 aliphatic rings. The van der Waals surface area contributed by atoms with Gasteiger partial charge < -0.3 is 19.3 Å². The van der Waals surface area contributed by atoms with Gasteiger partial charge in [-0.3, -0.25) is 14.6 Å². The summed E-state index contributed by atoms with van der Waals surface area (Å²) in [6, 6.07) is 17.7. The molecule has 0 spiro atoms. The van der Waals surface area contributed by atoms with Crippen molar-refractivity contribution >= 4 is 17.5 Å². The average Bonchev–Trinajstić information content (AvgIpc) is 3.27. The van der Waals surface area contributed by atoms with Gasteiger partial charge in [-0.1, -0.05) is 30.3 Å². The van der Waals surface area contributed by atoms with E-state index >= 15 is 0 Å². The number of para-hydroxylation sites is 3. The molecule has 0 radical (unpaired) electrons. The SMILES string of the molecule is COc1ccccc1C(=O)N1C[C@@H]2C[C@H]1C(=O)N(Cc1cccnc1)c1ccccc1O2. The Bertz CT molecular complexity index is 1150. The van der Waals surface area contributed by atoms with Crippen LogP contribution in [0.3, 0.4) is 0 Å². The largest absolute Gasteiger partial charge is 0.496 e. The van der Waals surface area contributed by atoms with Crippen molar-refractivity contribution in [3.8, 4) is 11.5 Å². The first-order chi connectivity index (χ1) is 15.7. The van der Waals surface area contributed by atoms with Crippen molar-refractivity contribution in [3.63, 3.8) is 0 Å². The Morgan fingerprint density at radius 2 is 1.94 bits per heavy atom. The van der Waals surface area contributed by atoms with Crippen LogP contribution in [-0.2, 0) is 11.3 Å². The number of carbonyl (C=O) groups is 2. The number of benzene rings is 2. The molecule has 2 atom stereocenters. The summed E-state index contributed by atoms with van der Waals surface area (Å²) >= 11 is 0. The van der Waals surface area contributed by atoms with Crippen LogP contribution in [-0.4, -0.2) is 47.5 Å². The van der Waals surface area contributed by atoms with Crippen LogP contribution in [0.2, 0.25) is 0 Å². The van der Waals surface area contributed by atoms with Gasteiger partial charge in [0.2, 0.25) is 5.91 Å². The highest BCUT2D eigenvalue weighted by atomic mass is 16.5. The van der Waals surface area contributed by atoms with Gasteiger partial charge in [-0.15, -0.1) is 0 Å². The number of anilines is 1. The minimum Gasteiger partial charge on any atom is -0.496 e. The van der Waals surface area contributed by atoms with Gasteiger partial charge in [0.15, 0.2) is 0 Å². The molecule has 1 fully saturated rings. The molecule has 2 aromatic carbocycles. The van der Waals surface area contributed by atoms with E-state index in [1.54, 1.807) is 40.4 Å². The number of carbonyl (C=O) groups excluding carboxylic acids is 2. The molecular formula is C25H23N3O4. The predicted molar refractivity (Wildman–Crippen MR) is 119 cm³/mol. The zero-order chi connectivity index (χ0) is 22.1. The molecule has 7 heteroatoms. The van der Waals surface area contributed by atoms with Crippen molar-refractivity contribution in [1.29, 1.82) is 0 Å². The predicted octanol–water partition coefficient (Wildman–Crippen LogP) is 3.30. The van der Waals surface area contributed by atoms with E-state index in [9.17, 15) is 9.59 Å². The first kappa shape index (κ1) is 20.1. The van der Waals surface area contributed by atoms with Crippen molar-refractivity contribution in [1.82, 2.24) is 9.88 Å². The summed E-state index contributed by atoms with van der Waals surface area (Å²) in [4.78, 5) is 34.8. The molecule has 0 unspecified atom stereocenters. The summed E-state index contributed by atoms with van der Waals surface area (Å²) in [5, 5.41) is 0. The lowest BCUT2D eigenvalue weighted by atomic mass is 10.1. The lowest BCUT2D eigenvalue weighted by Gasteiger charge is -2.32. The van der Waals surface area contributed by atoms with Crippen LogP contribution in [0.4, 0.5) is 5.69 Å². The van der Waals surface area contributed by atoms with Crippen molar-refractivity contribution in [2.24, 2.45) is 0 Å². The maximum atomic E-state index is 13.8. The van der Waals surface area contributed by atoms with Crippen LogP contribution < -0.4 is 14.4 Å². The van der Waals surface area contributed by atoms with Crippen LogP contribution >= 0.6 is 0 Å². The number of amides is 2. The van der Waals surface area contributed by atoms with Crippen molar-refractivity contribution in [2.75, 3.05) is 18.6 Å². The number of likely N-dealkylation sites (tertiary alicyclic amines) is 1. The Morgan fingerprint density at radius 3 is 2.75 bits per heavy atom. The summed E-state index contributed by atoms with van der Waals surface area (Å²) in [5.41, 5.74) is 2.03. The van der Waals surface area contributed by atoms with Gasteiger partial charge in [-0.2, -0.15) is 0 Å². The van der Waals surface area contributed by atoms with Crippen LogP contribution in [0, 0.1) is 0 Å². The normalized spacial score (nSPS) is 19.6. The number of hydrogen-bond acceptors (Lipinski definition) is 5. The molecule has 162 valence electrons. The first-order valence-corrected chi connectivity index (χ1v) is 10.6. The number of ether oxygens (including phenoxy) is 2. The van der Waals surface area contributed by atoms with E-state index in [-0.39, 0.29) is 17.9 Å². The van der Waals surface area contributed by atoms with Crippen LogP contribution in [0.1, 0.15) is 22.3 Å². The number of aromatic nitrogens is 1. The summed E-state index contributed by atoms with van der Waals surface area (Å²) < 4.78 is 11.7. The number of rotatable bonds is 4. The second-order valence-electron chi connectivity index (χ2n) is 7.90. The Morgan fingerprint density at radius 1 is 1.12 bits per heavy atom. The third-order valence-electron chi connectivity index (χ3n) is 5.93. The van der Waals surface area contributed by atoms with Gasteiger partial charge in [-0.05, 0) is 35.9 Å². The molecular weight excluding hydrogens is 406 g/mol. The van der Waals surface area contributed by atoms with Crippen molar-refractivity contribution < 1.29 is 19.1 Å². The van der Waals surface area contributed by atoms with Crippen LogP contribution in [0.15, 0.2) is 73.1 Å². The molecule has 32 heavy (non-hydrogen) atoms. The highest BCUT2D eigenvalue weighted by Gasteiger charge is 2.45. The zero-order valence-corrected chi connectivity index (χ0v) is 17.7. The van der Waals surface area contributed by atoms with Gasteiger partial charge in [0, 0.05) is 18.8 Å². The minimum atomic E-state index is -0.623. The Kier molecular flexibility index (Phi) is 5.23. The molecule has 2 aliphatic heterocycles. The maximum Gasteiger partial charge on any atom is 0.258 e. The first-order valence-electron chi connectivity index (χ1n) is 10.6. The highest BCUT2D eigenvalue weighted by molar-refractivity contribution is 6.04. The Balaban J connectivity index is 1.53. The van der Waals surface area contributed by atoms with Gasteiger partial charge in [0.25, 0.3) is 5.91 Å². The van der Waals surface area contributed by atoms with Crippen molar-refractivity contribution in [3.05, 3.63) is 84.2 Å². The molecule has 7 nitrogen and oxygen atoms in total. The average molecular weight is 429 g/mol. The number of fused-ring (bicyclic) bond motifs is 3. The quantitative estimate of drug-likeness (QED) is 0.636. The molecule has 1 aromatic heterocycles. The molecule has 2 amide bonds. The number of pyridine rings is 1. The fourth-order valence-corrected chi connectivity index (χ4v) is 4.41. The fourth-order valence-electron chi connectivity index (χ4n) is 4.41. The van der Waals surface area contributed by atoms with Gasteiger partial charge in [0.1, 0.15) is 23.6 Å². The van der Waals surface area contributed by atoms with Gasteiger partial charge in [-0.25, -0.2) is 0 Å². The summed E-state index contributed by atoms with van der Waals surface area (Å²) in [6.45, 7) is 0.674. The zero-order valence-electron chi connectivity index (χ0n) is 17.7. The van der Waals surface area contributed by atoms with Gasteiger partial charge >= 0.3 is 0 Å². The van der Waals surface area contributed by atoms with Crippen LogP contribution in [0.25, 0.3) is 0 Å². The Labute approximate surface area is 186 Å². The molecule has 0 aliphatic carbocycles. The standard InChI is InChI=1S/C25H23N3O4/c1-31-22-10-4-2-8-19(22)24(29)28-16-18-13-21(28)25(30)27(15-17-7-6-12-26-14-17)20-9-3-5-11-23(20)32-18/h2-12,14,18,21H,13,15-16H2,1H3/t18-,21-/m0/s1. The number of nitrogens with zero attached hydrogens (tertiary/aromatic N) is 3. The number of hydrogen-bond donors (Lipinski definition) is 0. The van der Waals surface area contributed by atoms with E-state index < -0.39 is 6.04 Å². The second kappa shape index (κ2) is 8.34. The minimum absolute atomic E-state index is 0.129. The molecule has 1 saturated heterocycles. The molecule has 5 rings (SSSR count). The summed E-state index contributed by atoms with van der Waals surface area (Å²) in [6.07, 6.45) is 3.62. The molecule has 3 aromatic rings. The van der Waals surface area contributed by atoms with E-state index in [4.69, 9.17) is 9.47 Å². The third-order valence-corrected chi connectivity index (χ3v) is 5.93. The van der Waals surface area contributed by atoms with E-state index in [0.29, 0.717) is 42.3 Å². The Hall–Kier alpha value is -3.87. The van der Waals surface area contributed by atoms with E-state index in [1.807, 2.05) is 42.5 Å². The lowest BCUT2D eigenvalue weighted by Crippen LogP contribution is -2.48. The van der Waals surface area contributed by atoms with E-state index in [1.165, 1.54) is 7.11 Å². The highest BCUT2D eigenvalue weighted by Crippen LogP contribution is 2.37. The smallest absolute Gasteiger partial charge is 0.258 e. The summed E-state index contributed by atoms with van der Waals surface area (Å²) in [5.74, 6) is 0.757. The second-order valence-corrected chi connectivity index (χ2v) is 7.90. The molecule has 0 N–H and O–H groups in total. The molecule has 3 heterocycles. The maximum absolute atomic E-state index is 13.8. The van der Waals surface area contributed by atoms with Gasteiger partial charge in [0.05, 0.1) is 31.5 Å².